The first-order chi connectivity index (χ1) is 14.6. The molecule has 0 spiro atoms. The Kier molecular flexibility index (Phi) is 5.59. The third-order valence-corrected chi connectivity index (χ3v) is 5.59. The summed E-state index contributed by atoms with van der Waals surface area (Å²) in [5.74, 6) is -0.00516. The monoisotopic (exact) mass is 406 g/mol. The molecular formula is C21H22N6O3. The highest BCUT2D eigenvalue weighted by atomic mass is 16.7. The van der Waals surface area contributed by atoms with Gasteiger partial charge in [0.1, 0.15) is 11.9 Å². The quantitative estimate of drug-likeness (QED) is 0.817. The van der Waals surface area contributed by atoms with E-state index in [4.69, 9.17) is 15.8 Å². The molecule has 9 nitrogen and oxygen atoms in total. The van der Waals surface area contributed by atoms with Crippen LogP contribution >= 0.6 is 0 Å². The van der Waals surface area contributed by atoms with Crippen LogP contribution in [0.3, 0.4) is 0 Å². The Hall–Kier alpha value is -3.51. The number of primary amides is 1. The molecule has 2 aromatic rings. The first kappa shape index (κ1) is 19.8. The predicted octanol–water partition coefficient (Wildman–Crippen LogP) is 1.57. The molecule has 0 radical (unpaired) electrons. The molecule has 0 aromatic carbocycles. The maximum atomic E-state index is 13.1. The Morgan fingerprint density at radius 3 is 2.73 bits per heavy atom. The van der Waals surface area contributed by atoms with Crippen molar-refractivity contribution in [3.63, 3.8) is 0 Å². The third-order valence-electron chi connectivity index (χ3n) is 5.59. The van der Waals surface area contributed by atoms with Gasteiger partial charge in [0.2, 0.25) is 11.8 Å². The molecule has 2 fully saturated rings. The molecule has 4 rings (SSSR count). The number of hydroxylamine groups is 2. The Morgan fingerprint density at radius 1 is 1.20 bits per heavy atom. The van der Waals surface area contributed by atoms with E-state index < -0.39 is 5.91 Å². The summed E-state index contributed by atoms with van der Waals surface area (Å²) >= 11 is 0. The predicted molar refractivity (Wildman–Crippen MR) is 107 cm³/mol. The molecule has 2 aromatic heterocycles. The van der Waals surface area contributed by atoms with E-state index >= 15 is 0 Å². The number of nitrogens with two attached hydrogens (primary N) is 1. The van der Waals surface area contributed by atoms with Gasteiger partial charge >= 0.3 is 0 Å². The zero-order valence-electron chi connectivity index (χ0n) is 16.4. The van der Waals surface area contributed by atoms with Crippen LogP contribution in [0.25, 0.3) is 0 Å². The lowest BCUT2D eigenvalue weighted by molar-refractivity contribution is -0.182. The summed E-state index contributed by atoms with van der Waals surface area (Å²) in [7, 11) is 0. The Morgan fingerprint density at radius 2 is 2.00 bits per heavy atom. The van der Waals surface area contributed by atoms with Crippen LogP contribution in [0.2, 0.25) is 0 Å². The molecule has 2 N–H and O–H groups in total. The topological polar surface area (TPSA) is 125 Å². The number of carbonyl (C=O) groups excluding carboxylic acids is 2. The van der Waals surface area contributed by atoms with Gasteiger partial charge in [-0.2, -0.15) is 5.26 Å². The number of amides is 2. The lowest BCUT2D eigenvalue weighted by Crippen LogP contribution is -2.42. The molecule has 0 saturated carbocycles. The minimum absolute atomic E-state index is 0.0432. The second kappa shape index (κ2) is 8.47. The number of hydrogen-bond acceptors (Lipinski definition) is 7. The van der Waals surface area contributed by atoms with Crippen LogP contribution < -0.4 is 10.6 Å². The fraction of sp³-hybridized carbons (Fsp3) is 0.381. The molecular weight excluding hydrogens is 384 g/mol. The van der Waals surface area contributed by atoms with Crippen molar-refractivity contribution >= 4 is 17.6 Å². The summed E-state index contributed by atoms with van der Waals surface area (Å²) in [4.78, 5) is 40.7. The minimum atomic E-state index is -0.490. The molecule has 30 heavy (non-hydrogen) atoms. The molecule has 0 aliphatic carbocycles. The summed E-state index contributed by atoms with van der Waals surface area (Å²) in [6, 6.07) is 6.87. The Bertz CT molecular complexity index is 996. The van der Waals surface area contributed by atoms with E-state index in [0.717, 1.165) is 5.56 Å². The molecule has 0 bridgehead atoms. The van der Waals surface area contributed by atoms with Gasteiger partial charge in [-0.15, -0.1) is 0 Å². The van der Waals surface area contributed by atoms with Crippen molar-refractivity contribution in [1.29, 1.82) is 5.26 Å². The van der Waals surface area contributed by atoms with E-state index in [1.807, 2.05) is 0 Å². The second-order valence-electron chi connectivity index (χ2n) is 7.45. The number of nitriles is 1. The number of carbonyl (C=O) groups is 2. The van der Waals surface area contributed by atoms with Crippen LogP contribution in [-0.2, 0) is 9.63 Å². The zero-order valence-corrected chi connectivity index (χ0v) is 16.4. The standard InChI is InChI=1S/C21H22N6O3/c22-11-14-9-17(13-24-12-14)18-4-8-30-27(18)21(29)15-2-6-26(7-3-15)19-10-16(20(23)28)1-5-25-19/h1,5,9-10,12-13,15,18H,2-4,6-8H2,(H2,23,28)/t18-/m0/s1. The first-order valence-electron chi connectivity index (χ1n) is 9.88. The van der Waals surface area contributed by atoms with Crippen LogP contribution in [0.1, 0.15) is 46.8 Å². The minimum Gasteiger partial charge on any atom is -0.366 e. The van der Waals surface area contributed by atoms with Crippen molar-refractivity contribution in [1.82, 2.24) is 15.0 Å². The molecule has 154 valence electrons. The van der Waals surface area contributed by atoms with Gasteiger partial charge in [-0.05, 0) is 36.6 Å². The fourth-order valence-corrected chi connectivity index (χ4v) is 3.97. The molecule has 2 amide bonds. The smallest absolute Gasteiger partial charge is 0.249 e. The number of rotatable bonds is 4. The van der Waals surface area contributed by atoms with E-state index in [-0.39, 0.29) is 17.9 Å². The van der Waals surface area contributed by atoms with Crippen LogP contribution in [0.5, 0.6) is 0 Å². The van der Waals surface area contributed by atoms with Crippen molar-refractivity contribution in [2.75, 3.05) is 24.6 Å². The number of piperidine rings is 1. The van der Waals surface area contributed by atoms with Crippen LogP contribution in [0.15, 0.2) is 36.8 Å². The van der Waals surface area contributed by atoms with Crippen molar-refractivity contribution in [2.45, 2.75) is 25.3 Å². The van der Waals surface area contributed by atoms with Gasteiger partial charge in [-0.25, -0.2) is 10.0 Å². The van der Waals surface area contributed by atoms with Gasteiger partial charge in [0.05, 0.1) is 18.2 Å². The van der Waals surface area contributed by atoms with E-state index in [2.05, 4.69) is 20.9 Å². The third kappa shape index (κ3) is 3.95. The van der Waals surface area contributed by atoms with Gasteiger partial charge < -0.3 is 10.6 Å². The van der Waals surface area contributed by atoms with Gasteiger partial charge in [-0.1, -0.05) is 0 Å². The average molecular weight is 406 g/mol. The number of pyridine rings is 2. The van der Waals surface area contributed by atoms with E-state index in [1.54, 1.807) is 30.6 Å². The summed E-state index contributed by atoms with van der Waals surface area (Å²) < 4.78 is 0. The van der Waals surface area contributed by atoms with Crippen molar-refractivity contribution in [3.8, 4) is 6.07 Å². The van der Waals surface area contributed by atoms with Crippen LogP contribution in [0.4, 0.5) is 5.82 Å². The SMILES string of the molecule is N#Cc1cncc([C@@H]2CCON2C(=O)C2CCN(c3cc(C(N)=O)ccn3)CC2)c1. The maximum Gasteiger partial charge on any atom is 0.249 e. The lowest BCUT2D eigenvalue weighted by Gasteiger charge is -2.34. The molecule has 1 atom stereocenters. The van der Waals surface area contributed by atoms with Gasteiger partial charge in [0, 0.05) is 49.6 Å². The largest absolute Gasteiger partial charge is 0.366 e. The van der Waals surface area contributed by atoms with Crippen LogP contribution in [0, 0.1) is 17.2 Å². The second-order valence-corrected chi connectivity index (χ2v) is 7.45. The first-order valence-corrected chi connectivity index (χ1v) is 9.88. The van der Waals surface area contributed by atoms with Gasteiger partial charge in [0.25, 0.3) is 0 Å². The highest BCUT2D eigenvalue weighted by molar-refractivity contribution is 5.93. The Labute approximate surface area is 174 Å². The normalized spacial score (nSPS) is 19.5. The lowest BCUT2D eigenvalue weighted by atomic mass is 9.94. The summed E-state index contributed by atoms with van der Waals surface area (Å²) in [6.45, 7) is 1.75. The van der Waals surface area contributed by atoms with E-state index in [1.165, 1.54) is 11.3 Å². The molecule has 2 aliphatic heterocycles. The van der Waals surface area contributed by atoms with E-state index in [0.29, 0.717) is 55.9 Å². The van der Waals surface area contributed by atoms with Gasteiger partial charge in [-0.3, -0.25) is 19.4 Å². The van der Waals surface area contributed by atoms with Crippen molar-refractivity contribution in [2.24, 2.45) is 11.7 Å². The maximum absolute atomic E-state index is 13.1. The fourth-order valence-electron chi connectivity index (χ4n) is 3.97. The van der Waals surface area contributed by atoms with Gasteiger partial charge in [0.15, 0.2) is 0 Å². The summed E-state index contributed by atoms with van der Waals surface area (Å²) in [5, 5.41) is 10.6. The number of hydrogen-bond donors (Lipinski definition) is 1. The molecule has 9 heteroatoms. The molecule has 0 unspecified atom stereocenters. The van der Waals surface area contributed by atoms with E-state index in [9.17, 15) is 9.59 Å². The molecule has 2 saturated heterocycles. The average Bonchev–Trinajstić information content (AvgIpc) is 3.29. The number of aromatic nitrogens is 2. The highest BCUT2D eigenvalue weighted by Gasteiger charge is 2.37. The number of nitrogens with zero attached hydrogens (tertiary/aromatic N) is 5. The van der Waals surface area contributed by atoms with Crippen molar-refractivity contribution < 1.29 is 14.4 Å². The number of anilines is 1. The molecule has 2 aliphatic rings. The van der Waals surface area contributed by atoms with Crippen LogP contribution in [-0.4, -0.2) is 46.5 Å². The Balaban J connectivity index is 1.42. The summed E-state index contributed by atoms with van der Waals surface area (Å²) in [5.41, 5.74) is 7.04. The summed E-state index contributed by atoms with van der Waals surface area (Å²) in [6.07, 6.45) is 6.74. The highest BCUT2D eigenvalue weighted by Crippen LogP contribution is 2.34. The molecule has 4 heterocycles. The van der Waals surface area contributed by atoms with Crippen molar-refractivity contribution in [3.05, 3.63) is 53.5 Å². The zero-order chi connectivity index (χ0) is 21.1.